The van der Waals surface area contributed by atoms with Gasteiger partial charge in [0, 0.05) is 23.7 Å². The van der Waals surface area contributed by atoms with Gasteiger partial charge in [-0.2, -0.15) is 0 Å². The quantitative estimate of drug-likeness (QED) is 0.787. The van der Waals surface area contributed by atoms with Crippen molar-refractivity contribution in [2.45, 2.75) is 25.7 Å². The number of rotatable bonds is 3. The van der Waals surface area contributed by atoms with Gasteiger partial charge in [0.1, 0.15) is 5.78 Å². The monoisotopic (exact) mass is 377 g/mol. The number of esters is 1. The fraction of sp³-hybridized carbons (Fsp3) is 0.368. The summed E-state index contributed by atoms with van der Waals surface area (Å²) < 4.78 is 10.1. The van der Waals surface area contributed by atoms with Crippen LogP contribution in [-0.4, -0.2) is 31.1 Å². The zero-order valence-corrected chi connectivity index (χ0v) is 15.5. The number of methoxy groups -OCH3 is 2. The van der Waals surface area contributed by atoms with E-state index in [-0.39, 0.29) is 22.3 Å². The highest BCUT2D eigenvalue weighted by atomic mass is 35.5. The molecule has 1 aliphatic heterocycles. The third kappa shape index (κ3) is 2.94. The van der Waals surface area contributed by atoms with Gasteiger partial charge in [0.25, 0.3) is 0 Å². The first-order valence-corrected chi connectivity index (χ1v) is 8.62. The number of carbonyl (C=O) groups is 2. The van der Waals surface area contributed by atoms with E-state index in [1.54, 1.807) is 19.1 Å². The van der Waals surface area contributed by atoms with Gasteiger partial charge in [-0.1, -0.05) is 17.7 Å². The first-order chi connectivity index (χ1) is 12.4. The number of aromatic hydroxyl groups is 1. The first-order valence-electron chi connectivity index (χ1n) is 8.24. The number of nitrogens with one attached hydrogen (secondary N) is 1. The van der Waals surface area contributed by atoms with E-state index in [1.165, 1.54) is 14.2 Å². The average molecular weight is 378 g/mol. The Labute approximate surface area is 156 Å². The Morgan fingerprint density at radius 1 is 1.31 bits per heavy atom. The molecule has 7 heteroatoms. The molecule has 0 fully saturated rings. The second-order valence-electron chi connectivity index (χ2n) is 6.33. The third-order valence-corrected chi connectivity index (χ3v) is 5.14. The smallest absolute Gasteiger partial charge is 0.336 e. The summed E-state index contributed by atoms with van der Waals surface area (Å²) in [6.07, 6.45) is 3.05. The Balaban J connectivity index is 2.25. The number of ketones is 1. The SMILES string of the molecule is COC(=O)C1=C(C)NC2=CCCC(=O)C2C1c1cc(Cl)c(O)c(OC)c1. The molecule has 0 amide bonds. The van der Waals surface area contributed by atoms with Gasteiger partial charge in [-0.05, 0) is 31.0 Å². The van der Waals surface area contributed by atoms with Gasteiger partial charge in [-0.15, -0.1) is 0 Å². The fourth-order valence-corrected chi connectivity index (χ4v) is 3.90. The van der Waals surface area contributed by atoms with Crippen molar-refractivity contribution in [1.82, 2.24) is 5.32 Å². The first kappa shape index (κ1) is 18.3. The summed E-state index contributed by atoms with van der Waals surface area (Å²) in [6.45, 7) is 1.77. The van der Waals surface area contributed by atoms with Crippen molar-refractivity contribution < 1.29 is 24.2 Å². The molecular weight excluding hydrogens is 358 g/mol. The van der Waals surface area contributed by atoms with Crippen LogP contribution in [0, 0.1) is 5.92 Å². The molecule has 26 heavy (non-hydrogen) atoms. The number of phenolic OH excluding ortho intramolecular Hbond substituents is 1. The second-order valence-corrected chi connectivity index (χ2v) is 6.74. The number of allylic oxidation sites excluding steroid dienone is 3. The van der Waals surface area contributed by atoms with Crippen molar-refractivity contribution in [2.75, 3.05) is 14.2 Å². The van der Waals surface area contributed by atoms with Crippen molar-refractivity contribution in [2.24, 2.45) is 5.92 Å². The maximum Gasteiger partial charge on any atom is 0.336 e. The summed E-state index contributed by atoms with van der Waals surface area (Å²) in [6, 6.07) is 3.16. The Bertz CT molecular complexity index is 843. The van der Waals surface area contributed by atoms with E-state index in [1.807, 2.05) is 6.08 Å². The number of phenols is 1. The molecule has 0 spiro atoms. The van der Waals surface area contributed by atoms with Crippen LogP contribution in [0.1, 0.15) is 31.2 Å². The molecular formula is C19H20ClNO5. The van der Waals surface area contributed by atoms with Gasteiger partial charge >= 0.3 is 5.97 Å². The molecule has 1 aromatic rings. The number of ether oxygens (including phenoxy) is 2. The zero-order valence-electron chi connectivity index (χ0n) is 14.8. The van der Waals surface area contributed by atoms with Crippen molar-refractivity contribution in [3.8, 4) is 11.5 Å². The Kier molecular flexibility index (Phi) is 4.96. The van der Waals surface area contributed by atoms with Gasteiger partial charge in [0.15, 0.2) is 11.5 Å². The van der Waals surface area contributed by atoms with Gasteiger partial charge < -0.3 is 19.9 Å². The number of halogens is 1. The van der Waals surface area contributed by atoms with Crippen LogP contribution in [0.2, 0.25) is 5.02 Å². The number of hydrogen-bond donors (Lipinski definition) is 2. The van der Waals surface area contributed by atoms with Crippen LogP contribution in [0.4, 0.5) is 0 Å². The van der Waals surface area contributed by atoms with Crippen molar-refractivity contribution >= 4 is 23.4 Å². The van der Waals surface area contributed by atoms with Crippen LogP contribution in [-0.2, 0) is 14.3 Å². The molecule has 1 aromatic carbocycles. The summed E-state index contributed by atoms with van der Waals surface area (Å²) in [4.78, 5) is 25.2. The van der Waals surface area contributed by atoms with E-state index >= 15 is 0 Å². The van der Waals surface area contributed by atoms with Crippen LogP contribution < -0.4 is 10.1 Å². The molecule has 2 atom stereocenters. The summed E-state index contributed by atoms with van der Waals surface area (Å²) in [5.74, 6) is -1.58. The summed E-state index contributed by atoms with van der Waals surface area (Å²) in [7, 11) is 2.72. The van der Waals surface area contributed by atoms with Crippen LogP contribution in [0.5, 0.6) is 11.5 Å². The van der Waals surface area contributed by atoms with Crippen molar-refractivity contribution in [3.63, 3.8) is 0 Å². The molecule has 0 bridgehead atoms. The van der Waals surface area contributed by atoms with E-state index in [0.717, 1.165) is 5.70 Å². The van der Waals surface area contributed by atoms with Gasteiger partial charge in [0.05, 0.1) is 30.7 Å². The molecule has 6 nitrogen and oxygen atoms in total. The van der Waals surface area contributed by atoms with Crippen LogP contribution in [0.15, 0.2) is 35.2 Å². The zero-order chi connectivity index (χ0) is 19.0. The molecule has 0 radical (unpaired) electrons. The van der Waals surface area contributed by atoms with Crippen LogP contribution in [0.3, 0.4) is 0 Å². The van der Waals surface area contributed by atoms with E-state index in [9.17, 15) is 14.7 Å². The Morgan fingerprint density at radius 2 is 2.04 bits per heavy atom. The predicted octanol–water partition coefficient (Wildman–Crippen LogP) is 3.05. The Morgan fingerprint density at radius 3 is 2.69 bits per heavy atom. The largest absolute Gasteiger partial charge is 0.503 e. The standard InChI is InChI=1S/C19H20ClNO5/c1-9-15(19(24)26-3)16(17-12(21-9)5-4-6-13(17)22)10-7-11(20)18(23)14(8-10)25-2/h5,7-8,16-17,21,23H,4,6H2,1-3H3. The highest BCUT2D eigenvalue weighted by Crippen LogP contribution is 2.47. The van der Waals surface area contributed by atoms with Crippen LogP contribution >= 0.6 is 11.6 Å². The lowest BCUT2D eigenvalue weighted by Gasteiger charge is -2.38. The van der Waals surface area contributed by atoms with E-state index in [2.05, 4.69) is 5.32 Å². The predicted molar refractivity (Wildman–Crippen MR) is 96.1 cm³/mol. The molecule has 1 aliphatic carbocycles. The molecule has 2 N–H and O–H groups in total. The third-order valence-electron chi connectivity index (χ3n) is 4.85. The summed E-state index contributed by atoms with van der Waals surface area (Å²) >= 11 is 6.15. The minimum absolute atomic E-state index is 0.0390. The summed E-state index contributed by atoms with van der Waals surface area (Å²) in [5, 5.41) is 13.3. The molecule has 138 valence electrons. The number of Topliss-reactive ketones (excluding diaryl/α,β-unsaturated/α-hetero) is 1. The Hall–Kier alpha value is -2.47. The topological polar surface area (TPSA) is 84.9 Å². The minimum Gasteiger partial charge on any atom is -0.503 e. The molecule has 3 rings (SSSR count). The molecule has 2 unspecified atom stereocenters. The van der Waals surface area contributed by atoms with Gasteiger partial charge in [0.2, 0.25) is 0 Å². The second kappa shape index (κ2) is 7.03. The van der Waals surface area contributed by atoms with Gasteiger partial charge in [-0.3, -0.25) is 4.79 Å². The number of hydrogen-bond acceptors (Lipinski definition) is 6. The lowest BCUT2D eigenvalue weighted by molar-refractivity contribution is -0.136. The van der Waals surface area contributed by atoms with E-state index in [0.29, 0.717) is 29.7 Å². The molecule has 0 saturated carbocycles. The number of carbonyl (C=O) groups excluding carboxylic acids is 2. The lowest BCUT2D eigenvalue weighted by Crippen LogP contribution is -2.40. The van der Waals surface area contributed by atoms with Crippen molar-refractivity contribution in [3.05, 3.63) is 45.8 Å². The minimum atomic E-state index is -0.574. The molecule has 0 aromatic heterocycles. The van der Waals surface area contributed by atoms with E-state index < -0.39 is 17.8 Å². The molecule has 0 saturated heterocycles. The van der Waals surface area contributed by atoms with Crippen molar-refractivity contribution in [1.29, 1.82) is 0 Å². The maximum atomic E-state index is 12.7. The normalized spacial score (nSPS) is 22.3. The summed E-state index contributed by atoms with van der Waals surface area (Å²) in [5.41, 5.74) is 2.38. The maximum absolute atomic E-state index is 12.7. The number of benzene rings is 1. The highest BCUT2D eigenvalue weighted by Gasteiger charge is 2.43. The number of fused-ring (bicyclic) bond motifs is 1. The molecule has 2 aliphatic rings. The molecule has 1 heterocycles. The lowest BCUT2D eigenvalue weighted by atomic mass is 9.71. The highest BCUT2D eigenvalue weighted by molar-refractivity contribution is 6.32. The van der Waals surface area contributed by atoms with E-state index in [4.69, 9.17) is 21.1 Å². The van der Waals surface area contributed by atoms with Crippen LogP contribution in [0.25, 0.3) is 0 Å². The average Bonchev–Trinajstić information content (AvgIpc) is 2.62. The fourth-order valence-electron chi connectivity index (χ4n) is 3.68. The van der Waals surface area contributed by atoms with Gasteiger partial charge in [-0.25, -0.2) is 4.79 Å².